The van der Waals surface area contributed by atoms with Crippen LogP contribution in [0.25, 0.3) is 0 Å². The van der Waals surface area contributed by atoms with Crippen molar-refractivity contribution < 1.29 is 9.47 Å². The van der Waals surface area contributed by atoms with Gasteiger partial charge in [-0.25, -0.2) is 0 Å². The Hall–Kier alpha value is -2.35. The number of anilines is 2. The maximum atomic E-state index is 11.8. The van der Waals surface area contributed by atoms with Crippen LogP contribution in [-0.4, -0.2) is 24.2 Å². The Morgan fingerprint density at radius 2 is 1.90 bits per heavy atom. The number of nitrogens with one attached hydrogen (secondary N) is 1. The van der Waals surface area contributed by atoms with E-state index in [-0.39, 0.29) is 22.2 Å². The van der Waals surface area contributed by atoms with Crippen molar-refractivity contribution in [2.24, 2.45) is 0 Å². The molecule has 1 heterocycles. The summed E-state index contributed by atoms with van der Waals surface area (Å²) in [5.41, 5.74) is 10.7. The van der Waals surface area contributed by atoms with Crippen LogP contribution in [0.15, 0.2) is 32.8 Å². The number of aromatic amines is 1. The van der Waals surface area contributed by atoms with Crippen molar-refractivity contribution in [2.45, 2.75) is 9.79 Å². The van der Waals surface area contributed by atoms with Gasteiger partial charge in [0.25, 0.3) is 5.56 Å². The van der Waals surface area contributed by atoms with Gasteiger partial charge in [0, 0.05) is 4.90 Å². The van der Waals surface area contributed by atoms with E-state index in [1.165, 1.54) is 18.9 Å². The Labute approximate surface area is 119 Å². The lowest BCUT2D eigenvalue weighted by Crippen LogP contribution is -2.15. The summed E-state index contributed by atoms with van der Waals surface area (Å²) in [4.78, 5) is 19.1. The monoisotopic (exact) mass is 294 g/mol. The third kappa shape index (κ3) is 2.80. The molecule has 1 aromatic heterocycles. The molecule has 0 aliphatic carbocycles. The summed E-state index contributed by atoms with van der Waals surface area (Å²) in [7, 11) is 3.09. The summed E-state index contributed by atoms with van der Waals surface area (Å²) >= 11 is 1.18. The lowest BCUT2D eigenvalue weighted by molar-refractivity contribution is 0.354. The molecule has 7 nitrogen and oxygen atoms in total. The number of methoxy groups -OCH3 is 2. The molecule has 5 N–H and O–H groups in total. The number of aromatic nitrogens is 2. The topological polar surface area (TPSA) is 116 Å². The van der Waals surface area contributed by atoms with Crippen molar-refractivity contribution in [3.05, 3.63) is 28.6 Å². The number of ether oxygens (including phenoxy) is 2. The number of rotatable bonds is 4. The summed E-state index contributed by atoms with van der Waals surface area (Å²) in [5.74, 6) is 1.25. The second-order valence-electron chi connectivity index (χ2n) is 3.78. The Kier molecular flexibility index (Phi) is 4.04. The standard InChI is InChI=1S/C12H14N4O3S/c1-18-7-4-3-6(5-8(7)19-2)20-9-10(13)15-12(14)16-11(9)17/h3-5H,1-2H3,(H5,13,14,15,16,17). The van der Waals surface area contributed by atoms with Crippen LogP contribution >= 0.6 is 11.8 Å². The summed E-state index contributed by atoms with van der Waals surface area (Å²) in [6.07, 6.45) is 0. The molecule has 0 atom stereocenters. The Balaban J connectivity index is 2.38. The molecule has 2 aromatic rings. The minimum Gasteiger partial charge on any atom is -0.493 e. The molecule has 20 heavy (non-hydrogen) atoms. The molecule has 0 spiro atoms. The zero-order valence-corrected chi connectivity index (χ0v) is 11.8. The quantitative estimate of drug-likeness (QED) is 0.773. The van der Waals surface area contributed by atoms with Gasteiger partial charge >= 0.3 is 0 Å². The Morgan fingerprint density at radius 1 is 1.20 bits per heavy atom. The van der Waals surface area contributed by atoms with E-state index in [1.54, 1.807) is 25.3 Å². The highest BCUT2D eigenvalue weighted by Gasteiger charge is 2.12. The normalized spacial score (nSPS) is 10.3. The zero-order valence-electron chi connectivity index (χ0n) is 11.0. The van der Waals surface area contributed by atoms with Crippen LogP contribution in [0.1, 0.15) is 0 Å². The molecular formula is C12H14N4O3S. The molecule has 0 aliphatic rings. The molecule has 2 rings (SSSR count). The molecule has 8 heteroatoms. The largest absolute Gasteiger partial charge is 0.493 e. The van der Waals surface area contributed by atoms with Crippen LogP contribution in [0.2, 0.25) is 0 Å². The van der Waals surface area contributed by atoms with Crippen LogP contribution in [0.3, 0.4) is 0 Å². The predicted octanol–water partition coefficient (Wildman–Crippen LogP) is 1.10. The molecule has 0 bridgehead atoms. The van der Waals surface area contributed by atoms with Crippen LogP contribution in [0, 0.1) is 0 Å². The number of nitrogen functional groups attached to an aromatic ring is 2. The van der Waals surface area contributed by atoms with Crippen molar-refractivity contribution in [1.82, 2.24) is 9.97 Å². The second kappa shape index (κ2) is 5.74. The van der Waals surface area contributed by atoms with Crippen LogP contribution in [0.5, 0.6) is 11.5 Å². The molecule has 1 aromatic carbocycles. The third-order valence-electron chi connectivity index (χ3n) is 2.50. The number of hydrogen-bond acceptors (Lipinski definition) is 7. The van der Waals surface area contributed by atoms with Gasteiger partial charge in [-0.2, -0.15) is 4.98 Å². The van der Waals surface area contributed by atoms with Crippen molar-refractivity contribution in [1.29, 1.82) is 0 Å². The van der Waals surface area contributed by atoms with E-state index in [1.807, 2.05) is 0 Å². The van der Waals surface area contributed by atoms with Crippen LogP contribution in [-0.2, 0) is 0 Å². The minimum atomic E-state index is -0.380. The molecule has 0 radical (unpaired) electrons. The second-order valence-corrected chi connectivity index (χ2v) is 4.87. The highest BCUT2D eigenvalue weighted by molar-refractivity contribution is 7.99. The summed E-state index contributed by atoms with van der Waals surface area (Å²) in [6.45, 7) is 0. The lowest BCUT2D eigenvalue weighted by Gasteiger charge is -2.09. The van der Waals surface area contributed by atoms with E-state index in [2.05, 4.69) is 9.97 Å². The SMILES string of the molecule is COc1ccc(Sc2c(N)nc(N)[nH]c2=O)cc1OC. The molecule has 0 unspecified atom stereocenters. The van der Waals surface area contributed by atoms with E-state index in [9.17, 15) is 4.79 Å². The van der Waals surface area contributed by atoms with Gasteiger partial charge in [0.1, 0.15) is 10.7 Å². The summed E-state index contributed by atoms with van der Waals surface area (Å²) in [6, 6.07) is 5.29. The maximum Gasteiger partial charge on any atom is 0.268 e. The smallest absolute Gasteiger partial charge is 0.268 e. The Bertz CT molecular complexity index is 687. The number of H-pyrrole nitrogens is 1. The van der Waals surface area contributed by atoms with E-state index in [0.29, 0.717) is 11.5 Å². The Morgan fingerprint density at radius 3 is 2.50 bits per heavy atom. The number of hydrogen-bond donors (Lipinski definition) is 3. The lowest BCUT2D eigenvalue weighted by atomic mass is 10.3. The van der Waals surface area contributed by atoms with Gasteiger partial charge in [-0.3, -0.25) is 9.78 Å². The highest BCUT2D eigenvalue weighted by Crippen LogP contribution is 2.35. The summed E-state index contributed by atoms with van der Waals surface area (Å²) in [5, 5.41) is 0. The average molecular weight is 294 g/mol. The van der Waals surface area contributed by atoms with E-state index < -0.39 is 0 Å². The van der Waals surface area contributed by atoms with E-state index >= 15 is 0 Å². The fraction of sp³-hybridized carbons (Fsp3) is 0.167. The van der Waals surface area contributed by atoms with Gasteiger partial charge < -0.3 is 20.9 Å². The molecular weight excluding hydrogens is 280 g/mol. The number of benzene rings is 1. The first-order chi connectivity index (χ1) is 9.55. The van der Waals surface area contributed by atoms with Gasteiger partial charge in [-0.15, -0.1) is 0 Å². The van der Waals surface area contributed by atoms with Crippen LogP contribution in [0.4, 0.5) is 11.8 Å². The fourth-order valence-corrected chi connectivity index (χ4v) is 2.43. The van der Waals surface area contributed by atoms with Crippen molar-refractivity contribution in [3.8, 4) is 11.5 Å². The van der Waals surface area contributed by atoms with E-state index in [0.717, 1.165) is 4.90 Å². The number of nitrogens with two attached hydrogens (primary N) is 2. The van der Waals surface area contributed by atoms with Crippen molar-refractivity contribution >= 4 is 23.5 Å². The first kappa shape index (κ1) is 14.1. The van der Waals surface area contributed by atoms with Gasteiger partial charge in [0.05, 0.1) is 14.2 Å². The fourth-order valence-electron chi connectivity index (χ4n) is 1.59. The number of nitrogens with zero attached hydrogens (tertiary/aromatic N) is 1. The first-order valence-electron chi connectivity index (χ1n) is 5.60. The molecule has 106 valence electrons. The van der Waals surface area contributed by atoms with Gasteiger partial charge in [0.2, 0.25) is 5.95 Å². The van der Waals surface area contributed by atoms with Gasteiger partial charge in [-0.1, -0.05) is 11.8 Å². The van der Waals surface area contributed by atoms with Crippen molar-refractivity contribution in [2.75, 3.05) is 25.7 Å². The summed E-state index contributed by atoms with van der Waals surface area (Å²) < 4.78 is 10.4. The molecule has 0 saturated carbocycles. The third-order valence-corrected chi connectivity index (χ3v) is 3.58. The highest BCUT2D eigenvalue weighted by atomic mass is 32.2. The molecule has 0 saturated heterocycles. The molecule has 0 fully saturated rings. The first-order valence-corrected chi connectivity index (χ1v) is 6.42. The molecule has 0 amide bonds. The van der Waals surface area contributed by atoms with Gasteiger partial charge in [0.15, 0.2) is 11.5 Å². The van der Waals surface area contributed by atoms with Gasteiger partial charge in [-0.05, 0) is 18.2 Å². The predicted molar refractivity (Wildman–Crippen MR) is 77.4 cm³/mol. The minimum absolute atomic E-state index is 0.0100. The van der Waals surface area contributed by atoms with Crippen molar-refractivity contribution in [3.63, 3.8) is 0 Å². The molecule has 0 aliphatic heterocycles. The zero-order chi connectivity index (χ0) is 14.7. The van der Waals surface area contributed by atoms with E-state index in [4.69, 9.17) is 20.9 Å². The average Bonchev–Trinajstić information content (AvgIpc) is 2.42. The van der Waals surface area contributed by atoms with Crippen LogP contribution < -0.4 is 26.5 Å². The maximum absolute atomic E-state index is 11.8.